The largest absolute Gasteiger partial charge is 0.469 e. The van der Waals surface area contributed by atoms with Gasteiger partial charge in [0.2, 0.25) is 5.95 Å². The van der Waals surface area contributed by atoms with E-state index in [0.717, 1.165) is 68.2 Å². The second-order valence-corrected chi connectivity index (χ2v) is 7.38. The summed E-state index contributed by atoms with van der Waals surface area (Å²) in [5.41, 5.74) is 2.05. The summed E-state index contributed by atoms with van der Waals surface area (Å²) in [5, 5.41) is 3.61. The highest BCUT2D eigenvalue weighted by atomic mass is 127. The van der Waals surface area contributed by atoms with Gasteiger partial charge in [-0.25, -0.2) is 9.97 Å². The number of aryl methyl sites for hydroxylation is 2. The highest BCUT2D eigenvalue weighted by Crippen LogP contribution is 2.20. The normalized spacial score (nSPS) is 17.4. The first-order valence-corrected chi connectivity index (χ1v) is 9.83. The second-order valence-electron chi connectivity index (χ2n) is 7.38. The molecule has 3 heterocycles. The molecule has 8 heteroatoms. The van der Waals surface area contributed by atoms with Gasteiger partial charge in [-0.15, -0.1) is 24.0 Å². The number of aliphatic imine (C=N–C) groups is 1. The van der Waals surface area contributed by atoms with Gasteiger partial charge < -0.3 is 19.5 Å². The van der Waals surface area contributed by atoms with Crippen molar-refractivity contribution >= 4 is 35.9 Å². The van der Waals surface area contributed by atoms with Gasteiger partial charge in [-0.3, -0.25) is 4.99 Å². The zero-order valence-electron chi connectivity index (χ0n) is 16.6. The summed E-state index contributed by atoms with van der Waals surface area (Å²) in [6, 6.07) is 6.54. The van der Waals surface area contributed by atoms with Crippen LogP contribution < -0.4 is 10.2 Å². The highest BCUT2D eigenvalue weighted by Gasteiger charge is 2.27. The Morgan fingerprint density at radius 1 is 1.18 bits per heavy atom. The van der Waals surface area contributed by atoms with Gasteiger partial charge in [-0.1, -0.05) is 0 Å². The lowest BCUT2D eigenvalue weighted by atomic mass is 10.3. The molecule has 2 aromatic rings. The molecule has 1 saturated carbocycles. The lowest BCUT2D eigenvalue weighted by Gasteiger charge is -2.36. The zero-order valence-corrected chi connectivity index (χ0v) is 18.9. The summed E-state index contributed by atoms with van der Waals surface area (Å²) in [7, 11) is 0. The Morgan fingerprint density at radius 2 is 1.89 bits per heavy atom. The van der Waals surface area contributed by atoms with E-state index in [2.05, 4.69) is 25.1 Å². The molecule has 0 bridgehead atoms. The maximum absolute atomic E-state index is 5.41. The number of furan rings is 1. The second kappa shape index (κ2) is 9.58. The summed E-state index contributed by atoms with van der Waals surface area (Å²) < 4.78 is 5.41. The fraction of sp³-hybridized carbons (Fsp3) is 0.550. The van der Waals surface area contributed by atoms with E-state index in [0.29, 0.717) is 6.04 Å². The van der Waals surface area contributed by atoms with Crippen LogP contribution in [0, 0.1) is 13.8 Å². The predicted molar refractivity (Wildman–Crippen MR) is 122 cm³/mol. The van der Waals surface area contributed by atoms with E-state index in [9.17, 15) is 0 Å². The third-order valence-corrected chi connectivity index (χ3v) is 4.94. The maximum atomic E-state index is 5.41. The monoisotopic (exact) mass is 496 g/mol. The zero-order chi connectivity index (χ0) is 18.6. The summed E-state index contributed by atoms with van der Waals surface area (Å²) >= 11 is 0. The quantitative estimate of drug-likeness (QED) is 0.390. The molecule has 28 heavy (non-hydrogen) atoms. The van der Waals surface area contributed by atoms with Crippen molar-refractivity contribution in [2.75, 3.05) is 37.6 Å². The van der Waals surface area contributed by atoms with Gasteiger partial charge in [0.05, 0.1) is 6.26 Å². The number of hydrogen-bond donors (Lipinski definition) is 1. The van der Waals surface area contributed by atoms with Gasteiger partial charge in [-0.2, -0.15) is 0 Å². The van der Waals surface area contributed by atoms with Crippen LogP contribution in [0.5, 0.6) is 0 Å². The molecule has 0 radical (unpaired) electrons. The van der Waals surface area contributed by atoms with E-state index in [1.807, 2.05) is 32.0 Å². The molecule has 0 amide bonds. The van der Waals surface area contributed by atoms with Gasteiger partial charge in [0.1, 0.15) is 5.76 Å². The SMILES string of the molecule is Cc1cc(C)nc(N2CCN(C(=NCCc3ccco3)NC3CC3)CC2)n1.I. The third-order valence-electron chi connectivity index (χ3n) is 4.94. The average Bonchev–Trinajstić information content (AvgIpc) is 3.32. The lowest BCUT2D eigenvalue weighted by molar-refractivity contribution is 0.368. The molecule has 2 aliphatic rings. The van der Waals surface area contributed by atoms with Crippen LogP contribution in [0.15, 0.2) is 33.9 Å². The minimum Gasteiger partial charge on any atom is -0.469 e. The molecule has 4 rings (SSSR count). The van der Waals surface area contributed by atoms with Crippen LogP contribution in [-0.4, -0.2) is 59.6 Å². The Kier molecular flexibility index (Phi) is 7.14. The van der Waals surface area contributed by atoms with Crippen molar-refractivity contribution < 1.29 is 4.42 Å². The van der Waals surface area contributed by atoms with Crippen LogP contribution >= 0.6 is 24.0 Å². The van der Waals surface area contributed by atoms with Crippen LogP contribution in [0.3, 0.4) is 0 Å². The fourth-order valence-corrected chi connectivity index (χ4v) is 3.34. The Morgan fingerprint density at radius 3 is 2.50 bits per heavy atom. The molecule has 1 saturated heterocycles. The molecule has 0 unspecified atom stereocenters. The van der Waals surface area contributed by atoms with Crippen LogP contribution in [0.25, 0.3) is 0 Å². The molecule has 0 aromatic carbocycles. The molecule has 7 nitrogen and oxygen atoms in total. The molecule has 0 spiro atoms. The van der Waals surface area contributed by atoms with E-state index in [4.69, 9.17) is 9.41 Å². The molecule has 1 aliphatic carbocycles. The smallest absolute Gasteiger partial charge is 0.225 e. The minimum atomic E-state index is 0. The van der Waals surface area contributed by atoms with Gasteiger partial charge >= 0.3 is 0 Å². The molecule has 0 atom stereocenters. The van der Waals surface area contributed by atoms with Crippen molar-refractivity contribution in [3.8, 4) is 0 Å². The molecule has 152 valence electrons. The third kappa shape index (κ3) is 5.59. The molecular formula is C20H29IN6O. The Balaban J connectivity index is 0.00000225. The van der Waals surface area contributed by atoms with Gasteiger partial charge in [0, 0.05) is 56.6 Å². The molecule has 1 N–H and O–H groups in total. The first-order chi connectivity index (χ1) is 13.2. The van der Waals surface area contributed by atoms with Gasteiger partial charge in [0.25, 0.3) is 0 Å². The topological polar surface area (TPSA) is 69.8 Å². The Bertz CT molecular complexity index is 762. The number of nitrogens with zero attached hydrogens (tertiary/aromatic N) is 5. The summed E-state index contributed by atoms with van der Waals surface area (Å²) in [6.07, 6.45) is 5.04. The molecule has 2 fully saturated rings. The number of hydrogen-bond acceptors (Lipinski definition) is 5. The van der Waals surface area contributed by atoms with Crippen molar-refractivity contribution in [2.45, 2.75) is 39.2 Å². The summed E-state index contributed by atoms with van der Waals surface area (Å²) in [4.78, 5) is 18.7. The van der Waals surface area contributed by atoms with Gasteiger partial charge in [-0.05, 0) is 44.9 Å². The number of rotatable bonds is 5. The van der Waals surface area contributed by atoms with Crippen LogP contribution in [-0.2, 0) is 6.42 Å². The van der Waals surface area contributed by atoms with Crippen molar-refractivity contribution in [1.29, 1.82) is 0 Å². The standard InChI is InChI=1S/C20H28N6O.HI/c1-15-14-16(2)23-20(22-15)26-11-9-25(10-12-26)19(24-17-5-6-17)21-8-7-18-4-3-13-27-18;/h3-4,13-14,17H,5-12H2,1-2H3,(H,21,24);1H. The molecule has 2 aromatic heterocycles. The first kappa shape index (κ1) is 20.9. The summed E-state index contributed by atoms with van der Waals surface area (Å²) in [6.45, 7) is 8.46. The Labute approximate surface area is 183 Å². The van der Waals surface area contributed by atoms with E-state index in [1.54, 1.807) is 6.26 Å². The van der Waals surface area contributed by atoms with Crippen molar-refractivity contribution in [3.63, 3.8) is 0 Å². The van der Waals surface area contributed by atoms with E-state index in [-0.39, 0.29) is 24.0 Å². The van der Waals surface area contributed by atoms with Crippen molar-refractivity contribution in [2.24, 2.45) is 4.99 Å². The fourth-order valence-electron chi connectivity index (χ4n) is 3.34. The van der Waals surface area contributed by atoms with Crippen LogP contribution in [0.4, 0.5) is 5.95 Å². The minimum absolute atomic E-state index is 0. The number of aromatic nitrogens is 2. The summed E-state index contributed by atoms with van der Waals surface area (Å²) in [5.74, 6) is 2.87. The number of halogens is 1. The predicted octanol–water partition coefficient (Wildman–Crippen LogP) is 2.78. The van der Waals surface area contributed by atoms with Crippen LogP contribution in [0.2, 0.25) is 0 Å². The number of guanidine groups is 1. The number of nitrogens with one attached hydrogen (secondary N) is 1. The Hall–Kier alpha value is -1.84. The van der Waals surface area contributed by atoms with E-state index < -0.39 is 0 Å². The maximum Gasteiger partial charge on any atom is 0.225 e. The molecular weight excluding hydrogens is 467 g/mol. The van der Waals surface area contributed by atoms with E-state index >= 15 is 0 Å². The van der Waals surface area contributed by atoms with Crippen LogP contribution in [0.1, 0.15) is 30.0 Å². The van der Waals surface area contributed by atoms with E-state index in [1.165, 1.54) is 12.8 Å². The van der Waals surface area contributed by atoms with Crippen molar-refractivity contribution in [1.82, 2.24) is 20.2 Å². The number of anilines is 1. The lowest BCUT2D eigenvalue weighted by Crippen LogP contribution is -2.53. The van der Waals surface area contributed by atoms with Crippen molar-refractivity contribution in [3.05, 3.63) is 41.6 Å². The molecule has 1 aliphatic heterocycles. The number of piperazine rings is 1. The average molecular weight is 496 g/mol. The highest BCUT2D eigenvalue weighted by molar-refractivity contribution is 14.0. The first-order valence-electron chi connectivity index (χ1n) is 9.83. The van der Waals surface area contributed by atoms with Gasteiger partial charge in [0.15, 0.2) is 5.96 Å².